The Balaban J connectivity index is 3.05. The predicted molar refractivity (Wildman–Crippen MR) is 78.7 cm³/mol. The van der Waals surface area contributed by atoms with Gasteiger partial charge in [-0.15, -0.1) is 0 Å². The van der Waals surface area contributed by atoms with Gasteiger partial charge < -0.3 is 9.84 Å². The minimum Gasteiger partial charge on any atom is -0.507 e. The molecule has 0 fully saturated rings. The first-order valence-corrected chi connectivity index (χ1v) is 6.78. The molecule has 88 valence electrons. The van der Waals surface area contributed by atoms with Crippen molar-refractivity contribution >= 4 is 51.2 Å². The fourth-order valence-corrected chi connectivity index (χ4v) is 2.78. The highest BCUT2D eigenvalue weighted by Gasteiger charge is 2.20. The highest BCUT2D eigenvalue weighted by atomic mass is 127. The molecule has 1 rings (SSSR count). The Hall–Kier alpha value is -0.0500. The van der Waals surface area contributed by atoms with Gasteiger partial charge in [-0.2, -0.15) is 0 Å². The summed E-state index contributed by atoms with van der Waals surface area (Å²) >= 11 is 4.06. The Labute approximate surface area is 122 Å². The Kier molecular flexibility index (Phi) is 4.44. The van der Waals surface area contributed by atoms with E-state index in [1.54, 1.807) is 6.07 Å². The highest BCUT2D eigenvalue weighted by molar-refractivity contribution is 14.1. The van der Waals surface area contributed by atoms with Gasteiger partial charge in [0.25, 0.3) is 0 Å². The van der Waals surface area contributed by atoms with Crippen LogP contribution in [0.15, 0.2) is 12.1 Å². The van der Waals surface area contributed by atoms with E-state index in [0.717, 1.165) is 3.57 Å². The van der Waals surface area contributed by atoms with Crippen LogP contribution in [0.1, 0.15) is 31.1 Å². The summed E-state index contributed by atoms with van der Waals surface area (Å²) in [7, 11) is 0. The quantitative estimate of drug-likeness (QED) is 0.531. The lowest BCUT2D eigenvalue weighted by Gasteiger charge is -2.20. The van der Waals surface area contributed by atoms with Crippen LogP contribution in [0.25, 0.3) is 0 Å². The van der Waals surface area contributed by atoms with E-state index in [4.69, 9.17) is 4.74 Å². The average molecular weight is 446 g/mol. The van der Waals surface area contributed by atoms with E-state index in [2.05, 4.69) is 22.6 Å². The smallest absolute Gasteiger partial charge is 0.339 e. The van der Waals surface area contributed by atoms with Crippen molar-refractivity contribution in [3.63, 3.8) is 0 Å². The van der Waals surface area contributed by atoms with Crippen LogP contribution < -0.4 is 0 Å². The predicted octanol–water partition coefficient (Wildman–Crippen LogP) is 3.56. The van der Waals surface area contributed by atoms with E-state index in [-0.39, 0.29) is 5.75 Å². The van der Waals surface area contributed by atoms with Crippen LogP contribution in [0.2, 0.25) is 0 Å². The molecule has 0 bridgehead atoms. The van der Waals surface area contributed by atoms with Crippen LogP contribution in [0.3, 0.4) is 0 Å². The van der Waals surface area contributed by atoms with Crippen molar-refractivity contribution in [1.82, 2.24) is 0 Å². The van der Waals surface area contributed by atoms with Gasteiger partial charge in [0.1, 0.15) is 11.4 Å². The Morgan fingerprint density at radius 2 is 1.81 bits per heavy atom. The van der Waals surface area contributed by atoms with Gasteiger partial charge in [0.2, 0.25) is 0 Å². The van der Waals surface area contributed by atoms with Crippen molar-refractivity contribution in [2.75, 3.05) is 0 Å². The fraction of sp³-hybridized carbons (Fsp3) is 0.364. The maximum Gasteiger partial charge on any atom is 0.339 e. The van der Waals surface area contributed by atoms with E-state index in [1.165, 1.54) is 6.07 Å². The summed E-state index contributed by atoms with van der Waals surface area (Å²) in [6, 6.07) is 3.19. The van der Waals surface area contributed by atoms with E-state index in [1.807, 2.05) is 43.4 Å². The summed E-state index contributed by atoms with van der Waals surface area (Å²) in [5, 5.41) is 9.55. The molecule has 0 saturated carbocycles. The number of benzene rings is 1. The third-order valence-corrected chi connectivity index (χ3v) is 3.41. The van der Waals surface area contributed by atoms with E-state index >= 15 is 0 Å². The summed E-state index contributed by atoms with van der Waals surface area (Å²) in [6.07, 6.45) is 0. The number of phenols is 1. The highest BCUT2D eigenvalue weighted by Crippen LogP contribution is 2.26. The van der Waals surface area contributed by atoms with Gasteiger partial charge in [-0.3, -0.25) is 0 Å². The minimum absolute atomic E-state index is 0.0990. The lowest BCUT2D eigenvalue weighted by atomic mass is 10.1. The third kappa shape index (κ3) is 3.76. The molecule has 1 aromatic rings. The van der Waals surface area contributed by atoms with Crippen LogP contribution >= 0.6 is 45.2 Å². The van der Waals surface area contributed by atoms with E-state index in [0.29, 0.717) is 9.13 Å². The summed E-state index contributed by atoms with van der Waals surface area (Å²) in [4.78, 5) is 11.8. The molecule has 0 unspecified atom stereocenters. The van der Waals surface area contributed by atoms with Crippen molar-refractivity contribution in [2.45, 2.75) is 26.4 Å². The normalized spacial score (nSPS) is 11.3. The van der Waals surface area contributed by atoms with Gasteiger partial charge in [0.05, 0.1) is 9.13 Å². The van der Waals surface area contributed by atoms with Gasteiger partial charge in [0.15, 0.2) is 0 Å². The number of hydrogen-bond acceptors (Lipinski definition) is 3. The number of aromatic hydroxyl groups is 1. The molecule has 0 aliphatic rings. The number of phenolic OH excluding ortho intramolecular Hbond substituents is 1. The third-order valence-electron chi connectivity index (χ3n) is 1.66. The zero-order chi connectivity index (χ0) is 12.5. The molecule has 0 heterocycles. The average Bonchev–Trinajstić information content (AvgIpc) is 2.08. The maximum absolute atomic E-state index is 11.8. The fourth-order valence-electron chi connectivity index (χ4n) is 1.03. The molecular weight excluding hydrogens is 434 g/mol. The molecule has 16 heavy (non-hydrogen) atoms. The monoisotopic (exact) mass is 446 g/mol. The van der Waals surface area contributed by atoms with Gasteiger partial charge in [-0.05, 0) is 78.1 Å². The Morgan fingerprint density at radius 1 is 1.25 bits per heavy atom. The van der Waals surface area contributed by atoms with E-state index in [9.17, 15) is 9.90 Å². The Morgan fingerprint density at radius 3 is 2.31 bits per heavy atom. The molecule has 0 radical (unpaired) electrons. The number of ether oxygens (including phenoxy) is 1. The summed E-state index contributed by atoms with van der Waals surface area (Å²) in [5.41, 5.74) is -0.132. The molecule has 0 spiro atoms. The number of hydrogen-bond donors (Lipinski definition) is 1. The molecule has 0 aliphatic carbocycles. The zero-order valence-electron chi connectivity index (χ0n) is 9.17. The van der Waals surface area contributed by atoms with Crippen LogP contribution in [-0.4, -0.2) is 16.7 Å². The number of esters is 1. The zero-order valence-corrected chi connectivity index (χ0v) is 13.5. The largest absolute Gasteiger partial charge is 0.507 e. The second-order valence-corrected chi connectivity index (χ2v) is 6.61. The van der Waals surface area contributed by atoms with Crippen molar-refractivity contribution in [3.8, 4) is 5.75 Å². The van der Waals surface area contributed by atoms with Crippen LogP contribution in [-0.2, 0) is 4.74 Å². The number of halogens is 2. The summed E-state index contributed by atoms with van der Waals surface area (Å²) in [6.45, 7) is 5.43. The molecule has 0 aromatic heterocycles. The van der Waals surface area contributed by atoms with Gasteiger partial charge in [-0.25, -0.2) is 4.79 Å². The lowest BCUT2D eigenvalue weighted by Crippen LogP contribution is -2.24. The summed E-state index contributed by atoms with van der Waals surface area (Å²) < 4.78 is 6.73. The van der Waals surface area contributed by atoms with Gasteiger partial charge in [-0.1, -0.05) is 0 Å². The molecule has 3 nitrogen and oxygen atoms in total. The molecule has 0 amide bonds. The van der Waals surface area contributed by atoms with Crippen molar-refractivity contribution in [1.29, 1.82) is 0 Å². The van der Waals surface area contributed by atoms with Crippen LogP contribution in [0, 0.1) is 7.14 Å². The second kappa shape index (κ2) is 5.07. The topological polar surface area (TPSA) is 46.5 Å². The minimum atomic E-state index is -0.529. The van der Waals surface area contributed by atoms with Crippen molar-refractivity contribution in [2.24, 2.45) is 0 Å². The summed E-state index contributed by atoms with van der Waals surface area (Å²) in [5.74, 6) is -0.314. The van der Waals surface area contributed by atoms with Gasteiger partial charge in [0, 0.05) is 3.57 Å². The Bertz CT molecular complexity index is 422. The maximum atomic E-state index is 11.8. The van der Waals surface area contributed by atoms with Crippen LogP contribution in [0.4, 0.5) is 0 Å². The second-order valence-electron chi connectivity index (χ2n) is 4.29. The molecule has 0 aliphatic heterocycles. The molecule has 1 N–H and O–H groups in total. The van der Waals surface area contributed by atoms with Gasteiger partial charge >= 0.3 is 5.97 Å². The lowest BCUT2D eigenvalue weighted by molar-refractivity contribution is 0.00679. The molecule has 0 saturated heterocycles. The number of carbonyl (C=O) groups excluding carboxylic acids is 1. The van der Waals surface area contributed by atoms with Crippen LogP contribution in [0.5, 0.6) is 5.75 Å². The standard InChI is InChI=1S/C11H12I2O3/c1-11(2,3)16-10(15)6-4-9(14)8(13)5-7(6)12/h4-5,14H,1-3H3. The number of carbonyl (C=O) groups is 1. The number of rotatable bonds is 1. The van der Waals surface area contributed by atoms with Crippen molar-refractivity contribution in [3.05, 3.63) is 24.8 Å². The SMILES string of the molecule is CC(C)(C)OC(=O)c1cc(O)c(I)cc1I. The first kappa shape index (κ1) is 14.0. The first-order chi connectivity index (χ1) is 7.20. The molecule has 5 heteroatoms. The van der Waals surface area contributed by atoms with E-state index < -0.39 is 11.6 Å². The molecule has 1 aromatic carbocycles. The van der Waals surface area contributed by atoms with Crippen molar-refractivity contribution < 1.29 is 14.6 Å². The molecule has 0 atom stereocenters. The first-order valence-electron chi connectivity index (χ1n) is 4.62. The molecular formula is C11H12I2O3.